The summed E-state index contributed by atoms with van der Waals surface area (Å²) in [5.74, 6) is 0.557. The Balaban J connectivity index is 2.52. The van der Waals surface area contributed by atoms with Crippen molar-refractivity contribution in [1.29, 1.82) is 0 Å². The summed E-state index contributed by atoms with van der Waals surface area (Å²) in [5, 5.41) is 2.98. The van der Waals surface area contributed by atoms with Crippen LogP contribution in [0.3, 0.4) is 0 Å². The maximum Gasteiger partial charge on any atom is 0.274 e. The van der Waals surface area contributed by atoms with Gasteiger partial charge in [0.15, 0.2) is 0 Å². The van der Waals surface area contributed by atoms with E-state index in [-0.39, 0.29) is 17.7 Å². The number of sulfonamides is 1. The number of hydrogen-bond acceptors (Lipinski definition) is 6. The fourth-order valence-corrected chi connectivity index (χ4v) is 2.43. The summed E-state index contributed by atoms with van der Waals surface area (Å²) in [7, 11) is -0.489. The molecule has 2 N–H and O–H groups in total. The molecule has 1 aromatic rings. The number of methoxy groups -OCH3 is 2. The fraction of sp³-hybridized carbons (Fsp3) is 0.667. The van der Waals surface area contributed by atoms with E-state index in [1.807, 2.05) is 0 Å². The average molecular weight is 306 g/mol. The van der Waals surface area contributed by atoms with Crippen LogP contribution in [0.15, 0.2) is 21.6 Å². The zero-order valence-electron chi connectivity index (χ0n) is 12.0. The van der Waals surface area contributed by atoms with Crippen LogP contribution in [0.4, 0.5) is 0 Å². The largest absolute Gasteiger partial charge is 0.447 e. The van der Waals surface area contributed by atoms with Crippen molar-refractivity contribution < 1.29 is 22.3 Å². The molecule has 20 heavy (non-hydrogen) atoms. The van der Waals surface area contributed by atoms with E-state index >= 15 is 0 Å². The first-order valence-corrected chi connectivity index (χ1v) is 7.78. The van der Waals surface area contributed by atoms with Crippen LogP contribution in [0.25, 0.3) is 0 Å². The van der Waals surface area contributed by atoms with Crippen molar-refractivity contribution in [2.75, 3.05) is 33.9 Å². The lowest BCUT2D eigenvalue weighted by atomic mass is 10.4. The lowest BCUT2D eigenvalue weighted by Crippen LogP contribution is -2.31. The summed E-state index contributed by atoms with van der Waals surface area (Å²) in [4.78, 5) is 0. The normalized spacial score (nSPS) is 13.6. The predicted octanol–water partition coefficient (Wildman–Crippen LogP) is 0.329. The Morgan fingerprint density at radius 3 is 2.75 bits per heavy atom. The molecule has 8 heteroatoms. The molecular formula is C12H22N2O5S. The molecule has 0 saturated heterocycles. The second-order valence-electron chi connectivity index (χ2n) is 4.29. The van der Waals surface area contributed by atoms with Crippen molar-refractivity contribution in [3.63, 3.8) is 0 Å². The summed E-state index contributed by atoms with van der Waals surface area (Å²) in [6, 6.07) is 3.07. The minimum Gasteiger partial charge on any atom is -0.447 e. The smallest absolute Gasteiger partial charge is 0.274 e. The average Bonchev–Trinajstić information content (AvgIpc) is 2.90. The lowest BCUT2D eigenvalue weighted by molar-refractivity contribution is 0.122. The van der Waals surface area contributed by atoms with Gasteiger partial charge in [-0.25, -0.2) is 13.1 Å². The van der Waals surface area contributed by atoms with E-state index in [1.54, 1.807) is 20.1 Å². The fourth-order valence-electron chi connectivity index (χ4n) is 1.37. The van der Waals surface area contributed by atoms with Crippen LogP contribution in [-0.2, 0) is 26.0 Å². The molecule has 0 saturated carbocycles. The summed E-state index contributed by atoms with van der Waals surface area (Å²) in [6.45, 7) is 3.68. The van der Waals surface area contributed by atoms with Gasteiger partial charge < -0.3 is 19.2 Å². The summed E-state index contributed by atoms with van der Waals surface area (Å²) in [6.07, 6.45) is -0.199. The van der Waals surface area contributed by atoms with Gasteiger partial charge in [0.2, 0.25) is 5.09 Å². The highest BCUT2D eigenvalue weighted by Gasteiger charge is 2.19. The molecule has 7 nitrogen and oxygen atoms in total. The first-order chi connectivity index (χ1) is 9.49. The highest BCUT2D eigenvalue weighted by atomic mass is 32.2. The molecule has 0 aliphatic rings. The van der Waals surface area contributed by atoms with E-state index in [4.69, 9.17) is 13.9 Å². The SMILES string of the molecule is COCCNCc1ccc(S(=O)(=O)NCC(C)OC)o1. The third kappa shape index (κ3) is 5.59. The van der Waals surface area contributed by atoms with Gasteiger partial charge in [-0.3, -0.25) is 0 Å². The second kappa shape index (κ2) is 8.38. The molecule has 0 fully saturated rings. The zero-order valence-corrected chi connectivity index (χ0v) is 12.8. The Labute approximate surface area is 119 Å². The molecule has 0 spiro atoms. The molecule has 1 atom stereocenters. The van der Waals surface area contributed by atoms with E-state index in [0.29, 0.717) is 25.5 Å². The number of furan rings is 1. The third-order valence-corrected chi connectivity index (χ3v) is 3.94. The zero-order chi connectivity index (χ0) is 15.0. The molecule has 0 aromatic carbocycles. The lowest BCUT2D eigenvalue weighted by Gasteiger charge is -2.09. The number of rotatable bonds is 10. The first-order valence-electron chi connectivity index (χ1n) is 6.30. The van der Waals surface area contributed by atoms with Gasteiger partial charge in [-0.2, -0.15) is 0 Å². The minimum absolute atomic E-state index is 0.0932. The van der Waals surface area contributed by atoms with Gasteiger partial charge in [0.25, 0.3) is 10.0 Å². The molecule has 116 valence electrons. The summed E-state index contributed by atoms with van der Waals surface area (Å²) >= 11 is 0. The third-order valence-electron chi connectivity index (χ3n) is 2.65. The Morgan fingerprint density at radius 2 is 2.10 bits per heavy atom. The maximum absolute atomic E-state index is 11.9. The van der Waals surface area contributed by atoms with Crippen molar-refractivity contribution in [2.45, 2.75) is 24.7 Å². The van der Waals surface area contributed by atoms with Crippen LogP contribution in [-0.4, -0.2) is 48.4 Å². The summed E-state index contributed by atoms with van der Waals surface area (Å²) in [5.41, 5.74) is 0. The molecule has 1 rings (SSSR count). The van der Waals surface area contributed by atoms with Crippen LogP contribution in [0.5, 0.6) is 0 Å². The van der Waals surface area contributed by atoms with Gasteiger partial charge in [-0.1, -0.05) is 0 Å². The summed E-state index contributed by atoms with van der Waals surface area (Å²) < 4.78 is 41.5. The molecular weight excluding hydrogens is 284 g/mol. The molecule has 0 bridgehead atoms. The Bertz CT molecular complexity index is 486. The van der Waals surface area contributed by atoms with Gasteiger partial charge in [-0.05, 0) is 19.1 Å². The van der Waals surface area contributed by atoms with Gasteiger partial charge >= 0.3 is 0 Å². The van der Waals surface area contributed by atoms with Gasteiger partial charge in [0.1, 0.15) is 5.76 Å². The van der Waals surface area contributed by atoms with Crippen LogP contribution < -0.4 is 10.0 Å². The van der Waals surface area contributed by atoms with Crippen molar-refractivity contribution in [2.24, 2.45) is 0 Å². The van der Waals surface area contributed by atoms with Gasteiger partial charge in [0.05, 0.1) is 19.3 Å². The van der Waals surface area contributed by atoms with Crippen LogP contribution >= 0.6 is 0 Å². The highest BCUT2D eigenvalue weighted by Crippen LogP contribution is 2.13. The molecule has 1 unspecified atom stereocenters. The quantitative estimate of drug-likeness (QED) is 0.606. The van der Waals surface area contributed by atoms with Crippen molar-refractivity contribution in [1.82, 2.24) is 10.0 Å². The van der Waals surface area contributed by atoms with Crippen LogP contribution in [0.1, 0.15) is 12.7 Å². The highest BCUT2D eigenvalue weighted by molar-refractivity contribution is 7.89. The van der Waals surface area contributed by atoms with Crippen LogP contribution in [0.2, 0.25) is 0 Å². The molecule has 0 radical (unpaired) electrons. The maximum atomic E-state index is 11.9. The Morgan fingerprint density at radius 1 is 1.35 bits per heavy atom. The molecule has 0 aliphatic carbocycles. The van der Waals surface area contributed by atoms with E-state index in [9.17, 15) is 8.42 Å². The minimum atomic E-state index is -3.63. The van der Waals surface area contributed by atoms with E-state index in [1.165, 1.54) is 13.2 Å². The topological polar surface area (TPSA) is 89.8 Å². The van der Waals surface area contributed by atoms with Crippen molar-refractivity contribution in [3.05, 3.63) is 17.9 Å². The monoisotopic (exact) mass is 306 g/mol. The molecule has 0 amide bonds. The van der Waals surface area contributed by atoms with Crippen LogP contribution in [0, 0.1) is 0 Å². The van der Waals surface area contributed by atoms with Crippen molar-refractivity contribution in [3.8, 4) is 0 Å². The van der Waals surface area contributed by atoms with E-state index in [0.717, 1.165) is 0 Å². The van der Waals surface area contributed by atoms with E-state index in [2.05, 4.69) is 10.0 Å². The standard InChI is InChI=1S/C12H22N2O5S/c1-10(18-3)8-14-20(15,16)12-5-4-11(19-12)9-13-6-7-17-2/h4-5,10,13-14H,6-9H2,1-3H3. The first kappa shape index (κ1) is 17.1. The van der Waals surface area contributed by atoms with E-state index < -0.39 is 10.0 Å². The Hall–Kier alpha value is -0.930. The van der Waals surface area contributed by atoms with Crippen molar-refractivity contribution >= 4 is 10.0 Å². The molecule has 0 aliphatic heterocycles. The number of hydrogen-bond donors (Lipinski definition) is 2. The van der Waals surface area contributed by atoms with Gasteiger partial charge in [-0.15, -0.1) is 0 Å². The number of nitrogens with one attached hydrogen (secondary N) is 2. The predicted molar refractivity (Wildman–Crippen MR) is 74.0 cm³/mol. The van der Waals surface area contributed by atoms with Gasteiger partial charge in [0, 0.05) is 27.3 Å². The Kier molecular flexibility index (Phi) is 7.17. The molecule has 1 aromatic heterocycles. The number of ether oxygens (including phenoxy) is 2. The second-order valence-corrected chi connectivity index (χ2v) is 5.99. The molecule has 1 heterocycles.